The highest BCUT2D eigenvalue weighted by atomic mass is 16.5. The summed E-state index contributed by atoms with van der Waals surface area (Å²) in [6.07, 6.45) is 0.116. The molecule has 9 heteroatoms. The van der Waals surface area contributed by atoms with Gasteiger partial charge >= 0.3 is 0 Å². The van der Waals surface area contributed by atoms with Gasteiger partial charge in [0.1, 0.15) is 0 Å². The van der Waals surface area contributed by atoms with Gasteiger partial charge in [0.05, 0.1) is 6.61 Å². The average Bonchev–Trinajstić information content (AvgIpc) is 3.34. The van der Waals surface area contributed by atoms with Crippen molar-refractivity contribution in [3.63, 3.8) is 0 Å². The molecule has 2 heterocycles. The Morgan fingerprint density at radius 1 is 1.26 bits per heavy atom. The van der Waals surface area contributed by atoms with Gasteiger partial charge in [-0.2, -0.15) is 0 Å². The van der Waals surface area contributed by atoms with E-state index in [4.69, 9.17) is 14.0 Å². The van der Waals surface area contributed by atoms with E-state index in [0.29, 0.717) is 24.5 Å². The van der Waals surface area contributed by atoms with Crippen LogP contribution in [-0.2, 0) is 0 Å². The van der Waals surface area contributed by atoms with Crippen molar-refractivity contribution >= 4 is 5.91 Å². The Balaban J connectivity index is 1.32. The van der Waals surface area contributed by atoms with Crippen molar-refractivity contribution in [3.8, 4) is 11.3 Å². The van der Waals surface area contributed by atoms with E-state index in [1.807, 2.05) is 30.3 Å². The molecule has 0 aliphatic heterocycles. The molecule has 27 heavy (non-hydrogen) atoms. The Kier molecular flexibility index (Phi) is 4.69. The van der Waals surface area contributed by atoms with Gasteiger partial charge < -0.3 is 24.5 Å². The van der Waals surface area contributed by atoms with Gasteiger partial charge in [0.25, 0.3) is 5.91 Å². The molecule has 1 aromatic carbocycles. The summed E-state index contributed by atoms with van der Waals surface area (Å²) in [5.41, 5.74) is 1.08. The van der Waals surface area contributed by atoms with Crippen molar-refractivity contribution in [2.24, 2.45) is 0 Å². The zero-order chi connectivity index (χ0) is 18.8. The summed E-state index contributed by atoms with van der Waals surface area (Å²) >= 11 is 0. The van der Waals surface area contributed by atoms with Crippen LogP contribution in [0, 0.1) is 0 Å². The third kappa shape index (κ3) is 3.60. The second kappa shape index (κ2) is 7.29. The number of aromatic nitrogens is 3. The minimum absolute atomic E-state index is 0.00368. The maximum absolute atomic E-state index is 12.3. The SMILES string of the molecule is O=C(NC1CC(c2nnc([C@@H](O)CO)o2)C1)c1cc(-c2ccccc2)on1. The zero-order valence-electron chi connectivity index (χ0n) is 14.3. The molecule has 4 rings (SSSR count). The molecular weight excluding hydrogens is 352 g/mol. The molecule has 1 fully saturated rings. The number of carbonyl (C=O) groups is 1. The molecule has 3 aromatic rings. The average molecular weight is 370 g/mol. The summed E-state index contributed by atoms with van der Waals surface area (Å²) in [6.45, 7) is -0.479. The quantitative estimate of drug-likeness (QED) is 0.593. The number of nitrogens with one attached hydrogen (secondary N) is 1. The molecule has 2 aromatic heterocycles. The van der Waals surface area contributed by atoms with E-state index in [-0.39, 0.29) is 29.5 Å². The van der Waals surface area contributed by atoms with Crippen molar-refractivity contribution in [2.45, 2.75) is 30.9 Å². The van der Waals surface area contributed by atoms with Crippen LogP contribution in [0.25, 0.3) is 11.3 Å². The van der Waals surface area contributed by atoms with Crippen LogP contribution in [0.3, 0.4) is 0 Å². The third-order valence-electron chi connectivity index (χ3n) is 4.54. The molecule has 1 aliphatic carbocycles. The standard InChI is InChI=1S/C18H18N4O5/c23-9-14(24)18-21-20-17(26-18)11-6-12(7-11)19-16(25)13-8-15(27-22-13)10-4-2-1-3-5-10/h1-5,8,11-12,14,23-24H,6-7,9H2,(H,19,25)/t11?,12?,14-/m0/s1. The first-order valence-electron chi connectivity index (χ1n) is 8.59. The highest BCUT2D eigenvalue weighted by Gasteiger charge is 2.36. The van der Waals surface area contributed by atoms with Gasteiger partial charge in [0.15, 0.2) is 17.6 Å². The molecule has 1 atom stereocenters. The molecule has 3 N–H and O–H groups in total. The van der Waals surface area contributed by atoms with Crippen molar-refractivity contribution in [2.75, 3.05) is 6.61 Å². The molecule has 1 saturated carbocycles. The van der Waals surface area contributed by atoms with Crippen molar-refractivity contribution in [3.05, 3.63) is 53.9 Å². The van der Waals surface area contributed by atoms with Crippen LogP contribution < -0.4 is 5.32 Å². The van der Waals surface area contributed by atoms with Gasteiger partial charge in [0, 0.05) is 23.6 Å². The number of aliphatic hydroxyl groups excluding tert-OH is 2. The first-order chi connectivity index (χ1) is 13.1. The molecule has 0 unspecified atom stereocenters. The summed E-state index contributed by atoms with van der Waals surface area (Å²) in [5.74, 6) is 0.644. The third-order valence-corrected chi connectivity index (χ3v) is 4.54. The lowest BCUT2D eigenvalue weighted by molar-refractivity contribution is 0.0704. The highest BCUT2D eigenvalue weighted by Crippen LogP contribution is 2.36. The molecule has 9 nitrogen and oxygen atoms in total. The fourth-order valence-electron chi connectivity index (χ4n) is 2.94. The monoisotopic (exact) mass is 370 g/mol. The number of carbonyl (C=O) groups excluding carboxylic acids is 1. The van der Waals surface area contributed by atoms with E-state index in [2.05, 4.69) is 20.7 Å². The second-order valence-electron chi connectivity index (χ2n) is 6.46. The Labute approximate surface area is 154 Å². The van der Waals surface area contributed by atoms with E-state index >= 15 is 0 Å². The van der Waals surface area contributed by atoms with E-state index in [0.717, 1.165) is 5.56 Å². The van der Waals surface area contributed by atoms with Crippen LogP contribution >= 0.6 is 0 Å². The van der Waals surface area contributed by atoms with Gasteiger partial charge in [-0.1, -0.05) is 35.5 Å². The summed E-state index contributed by atoms with van der Waals surface area (Å²) in [4.78, 5) is 12.3. The first kappa shape index (κ1) is 17.4. The Bertz CT molecular complexity index is 917. The number of hydrogen-bond donors (Lipinski definition) is 3. The van der Waals surface area contributed by atoms with E-state index < -0.39 is 12.7 Å². The number of amides is 1. The van der Waals surface area contributed by atoms with Crippen molar-refractivity contribution in [1.29, 1.82) is 0 Å². The smallest absolute Gasteiger partial charge is 0.273 e. The van der Waals surface area contributed by atoms with Crippen LogP contribution in [0.1, 0.15) is 47.1 Å². The van der Waals surface area contributed by atoms with Crippen molar-refractivity contribution in [1.82, 2.24) is 20.7 Å². The maximum atomic E-state index is 12.3. The lowest BCUT2D eigenvalue weighted by Gasteiger charge is -2.33. The zero-order valence-corrected chi connectivity index (χ0v) is 14.3. The summed E-state index contributed by atoms with van der Waals surface area (Å²) in [6, 6.07) is 11.0. The number of hydrogen-bond acceptors (Lipinski definition) is 8. The maximum Gasteiger partial charge on any atom is 0.273 e. The van der Waals surface area contributed by atoms with Crippen LogP contribution in [0.2, 0.25) is 0 Å². The number of aliphatic hydroxyl groups is 2. The van der Waals surface area contributed by atoms with Crippen LogP contribution in [-0.4, -0.2) is 44.1 Å². The van der Waals surface area contributed by atoms with Gasteiger partial charge in [-0.15, -0.1) is 10.2 Å². The van der Waals surface area contributed by atoms with Crippen LogP contribution in [0.4, 0.5) is 0 Å². The van der Waals surface area contributed by atoms with Crippen molar-refractivity contribution < 1.29 is 23.9 Å². The lowest BCUT2D eigenvalue weighted by Crippen LogP contribution is -2.43. The Hall–Kier alpha value is -3.04. The summed E-state index contributed by atoms with van der Waals surface area (Å²) < 4.78 is 10.6. The minimum atomic E-state index is -1.17. The molecule has 0 spiro atoms. The number of nitrogens with zero attached hydrogens (tertiary/aromatic N) is 3. The van der Waals surface area contributed by atoms with Gasteiger partial charge in [-0.05, 0) is 12.8 Å². The Morgan fingerprint density at radius 2 is 2.04 bits per heavy atom. The minimum Gasteiger partial charge on any atom is -0.422 e. The molecule has 0 bridgehead atoms. The largest absolute Gasteiger partial charge is 0.422 e. The fraction of sp³-hybridized carbons (Fsp3) is 0.333. The van der Waals surface area contributed by atoms with Gasteiger partial charge in [-0.25, -0.2) is 0 Å². The van der Waals surface area contributed by atoms with Gasteiger partial charge in [0.2, 0.25) is 11.8 Å². The van der Waals surface area contributed by atoms with E-state index in [1.165, 1.54) is 0 Å². The molecule has 1 aliphatic rings. The molecular formula is C18H18N4O5. The second-order valence-corrected chi connectivity index (χ2v) is 6.46. The summed E-state index contributed by atoms with van der Waals surface area (Å²) in [7, 11) is 0. The molecule has 0 radical (unpaired) electrons. The lowest BCUT2D eigenvalue weighted by atomic mass is 9.80. The van der Waals surface area contributed by atoms with Crippen LogP contribution in [0.5, 0.6) is 0 Å². The molecule has 1 amide bonds. The van der Waals surface area contributed by atoms with E-state index in [9.17, 15) is 9.90 Å². The van der Waals surface area contributed by atoms with Crippen LogP contribution in [0.15, 0.2) is 45.3 Å². The normalized spacial score (nSPS) is 20.1. The number of benzene rings is 1. The van der Waals surface area contributed by atoms with E-state index in [1.54, 1.807) is 6.07 Å². The number of rotatable bonds is 6. The van der Waals surface area contributed by atoms with Gasteiger partial charge in [-0.3, -0.25) is 4.79 Å². The summed E-state index contributed by atoms with van der Waals surface area (Å²) in [5, 5.41) is 32.7. The Morgan fingerprint density at radius 3 is 2.78 bits per heavy atom. The molecule has 0 saturated heterocycles. The fourth-order valence-corrected chi connectivity index (χ4v) is 2.94. The molecule has 140 valence electrons. The topological polar surface area (TPSA) is 135 Å². The first-order valence-corrected chi connectivity index (χ1v) is 8.59. The predicted molar refractivity (Wildman–Crippen MR) is 91.5 cm³/mol. The highest BCUT2D eigenvalue weighted by molar-refractivity contribution is 5.93. The predicted octanol–water partition coefficient (Wildman–Crippen LogP) is 1.43.